The van der Waals surface area contributed by atoms with E-state index in [1.807, 2.05) is 0 Å². The van der Waals surface area contributed by atoms with Crippen LogP contribution in [0, 0.1) is 16.0 Å². The van der Waals surface area contributed by atoms with Gasteiger partial charge in [-0.15, -0.1) is 0 Å². The molecule has 1 saturated heterocycles. The fraction of sp³-hybridized carbons (Fsp3) is 0.615. The largest absolute Gasteiger partial charge is 0.481 e. The number of likely N-dealkylation sites (tertiary alicyclic amines) is 1. The molecule has 0 bridgehead atoms. The molecule has 1 aliphatic heterocycles. The molecule has 0 amide bonds. The summed E-state index contributed by atoms with van der Waals surface area (Å²) in [5.41, 5.74) is -0.0151. The number of anilines is 1. The molecule has 1 fully saturated rings. The van der Waals surface area contributed by atoms with Crippen LogP contribution in [0.4, 0.5) is 11.5 Å². The normalized spacial score (nSPS) is 16.9. The zero-order valence-corrected chi connectivity index (χ0v) is 11.8. The smallest absolute Gasteiger partial charge is 0.311 e. The molecular formula is C13H20N4O3. The monoisotopic (exact) mass is 280 g/mol. The molecule has 0 aromatic carbocycles. The highest BCUT2D eigenvalue weighted by Crippen LogP contribution is 2.26. The number of nitrogens with zero attached hydrogens (tertiary/aromatic N) is 3. The van der Waals surface area contributed by atoms with Gasteiger partial charge in [0.05, 0.1) is 12.0 Å². The summed E-state index contributed by atoms with van der Waals surface area (Å²) in [7, 11) is 3.60. The lowest BCUT2D eigenvalue weighted by molar-refractivity contribution is -0.384. The number of hydrogen-bond donors (Lipinski definition) is 1. The highest BCUT2D eigenvalue weighted by molar-refractivity contribution is 5.57. The highest BCUT2D eigenvalue weighted by atomic mass is 16.6. The zero-order valence-electron chi connectivity index (χ0n) is 11.8. The van der Waals surface area contributed by atoms with Crippen LogP contribution in [-0.4, -0.2) is 48.6 Å². The van der Waals surface area contributed by atoms with Gasteiger partial charge in [-0.2, -0.15) is 4.98 Å². The standard InChI is InChI=1S/C13H20N4O3/c1-16-7-5-10(6-8-16)9-14-13-11(17(18)19)3-4-12(15-13)20-2/h3-4,10H,5-9H2,1-2H3,(H,14,15). The van der Waals surface area contributed by atoms with Gasteiger partial charge in [-0.3, -0.25) is 10.1 Å². The van der Waals surface area contributed by atoms with Crippen LogP contribution in [0.3, 0.4) is 0 Å². The fourth-order valence-electron chi connectivity index (χ4n) is 2.33. The van der Waals surface area contributed by atoms with E-state index in [0.29, 0.717) is 18.3 Å². The minimum absolute atomic E-state index is 0.0151. The van der Waals surface area contributed by atoms with Crippen molar-refractivity contribution in [3.63, 3.8) is 0 Å². The van der Waals surface area contributed by atoms with E-state index in [1.54, 1.807) is 0 Å². The van der Waals surface area contributed by atoms with E-state index in [4.69, 9.17) is 4.74 Å². The third-order valence-electron chi connectivity index (χ3n) is 3.65. The van der Waals surface area contributed by atoms with Gasteiger partial charge in [0.15, 0.2) is 0 Å². The molecule has 0 unspecified atom stereocenters. The van der Waals surface area contributed by atoms with E-state index in [2.05, 4.69) is 22.2 Å². The van der Waals surface area contributed by atoms with Gasteiger partial charge in [-0.05, 0) is 38.9 Å². The molecule has 0 spiro atoms. The maximum Gasteiger partial charge on any atom is 0.311 e. The molecule has 1 aromatic heterocycles. The number of hydrogen-bond acceptors (Lipinski definition) is 6. The number of rotatable bonds is 5. The van der Waals surface area contributed by atoms with E-state index in [9.17, 15) is 10.1 Å². The van der Waals surface area contributed by atoms with Crippen molar-refractivity contribution < 1.29 is 9.66 Å². The second kappa shape index (κ2) is 6.51. The van der Waals surface area contributed by atoms with Crippen molar-refractivity contribution in [2.45, 2.75) is 12.8 Å². The van der Waals surface area contributed by atoms with Crippen LogP contribution >= 0.6 is 0 Å². The first kappa shape index (κ1) is 14.5. The molecule has 20 heavy (non-hydrogen) atoms. The van der Waals surface area contributed by atoms with Gasteiger partial charge < -0.3 is 15.0 Å². The Bertz CT molecular complexity index is 473. The molecule has 110 valence electrons. The molecule has 1 N–H and O–H groups in total. The van der Waals surface area contributed by atoms with Crippen molar-refractivity contribution in [3.05, 3.63) is 22.2 Å². The molecule has 0 saturated carbocycles. The summed E-state index contributed by atoms with van der Waals surface area (Å²) in [5, 5.41) is 14.1. The molecule has 1 aromatic rings. The Morgan fingerprint density at radius 3 is 2.80 bits per heavy atom. The second-order valence-corrected chi connectivity index (χ2v) is 5.11. The summed E-state index contributed by atoms with van der Waals surface area (Å²) < 4.78 is 5.02. The average Bonchev–Trinajstić information content (AvgIpc) is 2.46. The van der Waals surface area contributed by atoms with Gasteiger partial charge in [-0.1, -0.05) is 0 Å². The summed E-state index contributed by atoms with van der Waals surface area (Å²) in [5.74, 6) is 1.19. The third kappa shape index (κ3) is 3.57. The molecule has 0 atom stereocenters. The van der Waals surface area contributed by atoms with Gasteiger partial charge in [0.25, 0.3) is 0 Å². The van der Waals surface area contributed by atoms with Gasteiger partial charge in [0, 0.05) is 18.7 Å². The van der Waals surface area contributed by atoms with E-state index < -0.39 is 4.92 Å². The van der Waals surface area contributed by atoms with Crippen LogP contribution in [-0.2, 0) is 0 Å². The van der Waals surface area contributed by atoms with Crippen LogP contribution in [0.5, 0.6) is 5.88 Å². The lowest BCUT2D eigenvalue weighted by atomic mass is 9.97. The Morgan fingerprint density at radius 2 is 2.20 bits per heavy atom. The average molecular weight is 280 g/mol. The van der Waals surface area contributed by atoms with Crippen LogP contribution in [0.25, 0.3) is 0 Å². The number of piperidine rings is 1. The number of ether oxygens (including phenoxy) is 1. The van der Waals surface area contributed by atoms with E-state index >= 15 is 0 Å². The van der Waals surface area contributed by atoms with Crippen LogP contribution in [0.15, 0.2) is 12.1 Å². The molecule has 0 aliphatic carbocycles. The SMILES string of the molecule is COc1ccc([N+](=O)[O-])c(NCC2CCN(C)CC2)n1. The van der Waals surface area contributed by atoms with Gasteiger partial charge in [-0.25, -0.2) is 0 Å². The van der Waals surface area contributed by atoms with E-state index in [-0.39, 0.29) is 11.5 Å². The highest BCUT2D eigenvalue weighted by Gasteiger charge is 2.20. The number of pyridine rings is 1. The molecule has 0 radical (unpaired) electrons. The van der Waals surface area contributed by atoms with Crippen molar-refractivity contribution in [2.24, 2.45) is 5.92 Å². The van der Waals surface area contributed by atoms with E-state index in [1.165, 1.54) is 19.2 Å². The van der Waals surface area contributed by atoms with Crippen LogP contribution in [0.1, 0.15) is 12.8 Å². The lowest BCUT2D eigenvalue weighted by Gasteiger charge is -2.29. The number of nitro groups is 1. The Morgan fingerprint density at radius 1 is 1.50 bits per heavy atom. The van der Waals surface area contributed by atoms with Gasteiger partial charge >= 0.3 is 5.69 Å². The Balaban J connectivity index is 2.02. The zero-order chi connectivity index (χ0) is 14.5. The maximum atomic E-state index is 11.0. The summed E-state index contributed by atoms with van der Waals surface area (Å²) in [4.78, 5) is 17.0. The lowest BCUT2D eigenvalue weighted by Crippen LogP contribution is -2.33. The summed E-state index contributed by atoms with van der Waals surface area (Å²) in [6.07, 6.45) is 2.20. The first-order valence-corrected chi connectivity index (χ1v) is 6.72. The van der Waals surface area contributed by atoms with Crippen molar-refractivity contribution in [3.8, 4) is 5.88 Å². The van der Waals surface area contributed by atoms with Crippen molar-refractivity contribution >= 4 is 11.5 Å². The second-order valence-electron chi connectivity index (χ2n) is 5.11. The summed E-state index contributed by atoms with van der Waals surface area (Å²) >= 11 is 0. The quantitative estimate of drug-likeness (QED) is 0.654. The Kier molecular flexibility index (Phi) is 4.73. The first-order valence-electron chi connectivity index (χ1n) is 6.72. The number of nitrogens with one attached hydrogen (secondary N) is 1. The Labute approximate surface area is 118 Å². The predicted octanol–water partition coefficient (Wildman–Crippen LogP) is 1.75. The number of aromatic nitrogens is 1. The molecule has 7 nitrogen and oxygen atoms in total. The number of methoxy groups -OCH3 is 1. The minimum atomic E-state index is -0.427. The van der Waals surface area contributed by atoms with Gasteiger partial charge in [0.2, 0.25) is 11.7 Å². The molecular weight excluding hydrogens is 260 g/mol. The van der Waals surface area contributed by atoms with Crippen molar-refractivity contribution in [1.82, 2.24) is 9.88 Å². The molecule has 2 heterocycles. The Hall–Kier alpha value is -1.89. The third-order valence-corrected chi connectivity index (χ3v) is 3.65. The summed E-state index contributed by atoms with van der Waals surface area (Å²) in [6.45, 7) is 2.84. The van der Waals surface area contributed by atoms with Crippen LogP contribution in [0.2, 0.25) is 0 Å². The van der Waals surface area contributed by atoms with E-state index in [0.717, 1.165) is 25.9 Å². The van der Waals surface area contributed by atoms with Gasteiger partial charge in [0.1, 0.15) is 0 Å². The predicted molar refractivity (Wildman–Crippen MR) is 76.2 cm³/mol. The maximum absolute atomic E-state index is 11.0. The topological polar surface area (TPSA) is 80.5 Å². The fourth-order valence-corrected chi connectivity index (χ4v) is 2.33. The molecule has 1 aliphatic rings. The van der Waals surface area contributed by atoms with Crippen LogP contribution < -0.4 is 10.1 Å². The molecule has 2 rings (SSSR count). The minimum Gasteiger partial charge on any atom is -0.481 e. The van der Waals surface area contributed by atoms with Crippen molar-refractivity contribution in [2.75, 3.05) is 39.1 Å². The molecule has 7 heteroatoms. The van der Waals surface area contributed by atoms with Crippen molar-refractivity contribution in [1.29, 1.82) is 0 Å². The first-order chi connectivity index (χ1) is 9.60. The summed E-state index contributed by atoms with van der Waals surface area (Å²) in [6, 6.07) is 2.92.